The average Bonchev–Trinajstić information content (AvgIpc) is 2.74. The van der Waals surface area contributed by atoms with E-state index in [0.717, 1.165) is 17.8 Å². The van der Waals surface area contributed by atoms with Crippen LogP contribution < -0.4 is 0 Å². The minimum Gasteiger partial charge on any atom is -0.465 e. The zero-order chi connectivity index (χ0) is 13.6. The Bertz CT molecular complexity index is 443. The van der Waals surface area contributed by atoms with Crippen molar-refractivity contribution in [3.63, 3.8) is 0 Å². The molecule has 0 aromatic carbocycles. The van der Waals surface area contributed by atoms with E-state index in [-0.39, 0.29) is 11.1 Å². The molecule has 0 amide bonds. The van der Waals surface area contributed by atoms with E-state index in [1.165, 1.54) is 0 Å². The monoisotopic (exact) mass is 249 g/mol. The highest BCUT2D eigenvalue weighted by atomic mass is 16.3. The molecular formula is C15H23NO2. The smallest absolute Gasteiger partial charge is 0.126 e. The molecular weight excluding hydrogens is 226 g/mol. The number of hydrogen-bond acceptors (Lipinski definition) is 3. The second-order valence-corrected chi connectivity index (χ2v) is 6.27. The molecule has 1 fully saturated rings. The van der Waals surface area contributed by atoms with Gasteiger partial charge < -0.3 is 9.52 Å². The van der Waals surface area contributed by atoms with E-state index >= 15 is 0 Å². The van der Waals surface area contributed by atoms with Gasteiger partial charge in [0.1, 0.15) is 5.76 Å². The molecule has 0 aliphatic carbocycles. The number of rotatable bonds is 1. The van der Waals surface area contributed by atoms with Crippen LogP contribution in [-0.2, 0) is 0 Å². The summed E-state index contributed by atoms with van der Waals surface area (Å²) in [4.78, 5) is 2.32. The van der Waals surface area contributed by atoms with E-state index in [1.807, 2.05) is 18.2 Å². The summed E-state index contributed by atoms with van der Waals surface area (Å²) in [6.45, 7) is 8.63. The largest absolute Gasteiger partial charge is 0.465 e. The van der Waals surface area contributed by atoms with E-state index in [9.17, 15) is 5.11 Å². The normalized spacial score (nSPS) is 29.7. The second kappa shape index (κ2) is 4.25. The number of likely N-dealkylation sites (N-methyl/N-ethyl adjacent to an activating group) is 1. The molecule has 1 saturated heterocycles. The van der Waals surface area contributed by atoms with Gasteiger partial charge in [0, 0.05) is 11.1 Å². The maximum absolute atomic E-state index is 10.4. The number of furan rings is 1. The molecule has 0 radical (unpaired) electrons. The molecule has 0 bridgehead atoms. The number of hydrogen-bond donors (Lipinski definition) is 1. The fourth-order valence-corrected chi connectivity index (χ4v) is 2.88. The Labute approximate surface area is 109 Å². The summed E-state index contributed by atoms with van der Waals surface area (Å²) >= 11 is 0. The highest BCUT2D eigenvalue weighted by molar-refractivity contribution is 5.53. The Hall–Kier alpha value is -1.06. The standard InChI is InChI=1S/C15H23NO2/c1-14(2)10-13(17)12(15(3,4)16(14)5)9-11-7-6-8-18-11/h6-9,13,17H,10H2,1-5H3. The van der Waals surface area contributed by atoms with Crippen LogP contribution in [0.3, 0.4) is 0 Å². The van der Waals surface area contributed by atoms with Crippen molar-refractivity contribution in [3.05, 3.63) is 29.7 Å². The van der Waals surface area contributed by atoms with Gasteiger partial charge in [-0.2, -0.15) is 0 Å². The zero-order valence-corrected chi connectivity index (χ0v) is 11.9. The van der Waals surface area contributed by atoms with E-state index < -0.39 is 6.10 Å². The third-order valence-corrected chi connectivity index (χ3v) is 4.35. The van der Waals surface area contributed by atoms with Crippen LogP contribution >= 0.6 is 0 Å². The molecule has 1 aromatic rings. The molecule has 1 N–H and O–H groups in total. The fourth-order valence-electron chi connectivity index (χ4n) is 2.88. The number of piperidine rings is 1. The maximum Gasteiger partial charge on any atom is 0.126 e. The lowest BCUT2D eigenvalue weighted by atomic mass is 9.74. The van der Waals surface area contributed by atoms with Gasteiger partial charge in [0.25, 0.3) is 0 Å². The number of likely N-dealkylation sites (tertiary alicyclic amines) is 1. The third kappa shape index (κ3) is 2.13. The summed E-state index contributed by atoms with van der Waals surface area (Å²) < 4.78 is 5.36. The molecule has 1 aromatic heterocycles. The van der Waals surface area contributed by atoms with Gasteiger partial charge in [0.15, 0.2) is 0 Å². The van der Waals surface area contributed by atoms with Gasteiger partial charge in [-0.1, -0.05) is 0 Å². The Morgan fingerprint density at radius 2 is 2.06 bits per heavy atom. The summed E-state index contributed by atoms with van der Waals surface area (Å²) in [5, 5.41) is 10.4. The van der Waals surface area contributed by atoms with Gasteiger partial charge in [0.2, 0.25) is 0 Å². The summed E-state index contributed by atoms with van der Waals surface area (Å²) in [7, 11) is 2.11. The van der Waals surface area contributed by atoms with Crippen LogP contribution in [0.5, 0.6) is 0 Å². The molecule has 100 valence electrons. The highest BCUT2D eigenvalue weighted by Gasteiger charge is 2.45. The Balaban J connectivity index is 2.42. The van der Waals surface area contributed by atoms with Crippen molar-refractivity contribution in [1.82, 2.24) is 4.90 Å². The summed E-state index contributed by atoms with van der Waals surface area (Å²) in [5.74, 6) is 0.797. The van der Waals surface area contributed by atoms with Crippen LogP contribution in [0.2, 0.25) is 0 Å². The Morgan fingerprint density at radius 3 is 2.61 bits per heavy atom. The second-order valence-electron chi connectivity index (χ2n) is 6.27. The van der Waals surface area contributed by atoms with Crippen LogP contribution in [0.1, 0.15) is 39.9 Å². The number of aliphatic hydroxyl groups is 1. The van der Waals surface area contributed by atoms with Crippen molar-refractivity contribution >= 4 is 6.08 Å². The lowest BCUT2D eigenvalue weighted by Crippen LogP contribution is -2.61. The average molecular weight is 249 g/mol. The first-order chi connectivity index (χ1) is 8.25. The first-order valence-corrected chi connectivity index (χ1v) is 6.43. The van der Waals surface area contributed by atoms with E-state index in [4.69, 9.17) is 4.42 Å². The molecule has 1 unspecified atom stereocenters. The SMILES string of the molecule is CN1C(C)(C)CC(O)C(=Cc2ccco2)C1(C)C. The molecule has 0 spiro atoms. The lowest BCUT2D eigenvalue weighted by molar-refractivity contribution is -0.0178. The van der Waals surface area contributed by atoms with Gasteiger partial charge in [-0.25, -0.2) is 0 Å². The fraction of sp³-hybridized carbons (Fsp3) is 0.600. The van der Waals surface area contributed by atoms with Gasteiger partial charge >= 0.3 is 0 Å². The number of nitrogens with zero attached hydrogens (tertiary/aromatic N) is 1. The predicted molar refractivity (Wildman–Crippen MR) is 73.2 cm³/mol. The Morgan fingerprint density at radius 1 is 1.39 bits per heavy atom. The van der Waals surface area contributed by atoms with Gasteiger partial charge in [0.05, 0.1) is 12.4 Å². The first-order valence-electron chi connectivity index (χ1n) is 6.43. The van der Waals surface area contributed by atoms with Gasteiger partial charge in [-0.05, 0) is 64.9 Å². The van der Waals surface area contributed by atoms with E-state index in [1.54, 1.807) is 6.26 Å². The molecule has 1 aliphatic heterocycles. The van der Waals surface area contributed by atoms with E-state index in [0.29, 0.717) is 0 Å². The highest BCUT2D eigenvalue weighted by Crippen LogP contribution is 2.41. The van der Waals surface area contributed by atoms with Crippen molar-refractivity contribution in [2.75, 3.05) is 7.05 Å². The zero-order valence-electron chi connectivity index (χ0n) is 11.9. The minimum absolute atomic E-state index is 0.0105. The third-order valence-electron chi connectivity index (χ3n) is 4.35. The lowest BCUT2D eigenvalue weighted by Gasteiger charge is -2.54. The van der Waals surface area contributed by atoms with Crippen LogP contribution in [0.4, 0.5) is 0 Å². The molecule has 2 rings (SSSR count). The molecule has 0 saturated carbocycles. The van der Waals surface area contributed by atoms with Crippen molar-refractivity contribution in [2.24, 2.45) is 0 Å². The van der Waals surface area contributed by atoms with E-state index in [2.05, 4.69) is 39.6 Å². The molecule has 1 aliphatic rings. The van der Waals surface area contributed by atoms with Crippen molar-refractivity contribution in [2.45, 2.75) is 51.3 Å². The van der Waals surface area contributed by atoms with Gasteiger partial charge in [-0.3, -0.25) is 4.90 Å². The molecule has 3 nitrogen and oxygen atoms in total. The molecule has 18 heavy (non-hydrogen) atoms. The number of aliphatic hydroxyl groups excluding tert-OH is 1. The van der Waals surface area contributed by atoms with Gasteiger partial charge in [-0.15, -0.1) is 0 Å². The summed E-state index contributed by atoms with van der Waals surface area (Å²) in [6.07, 6.45) is 3.94. The quantitative estimate of drug-likeness (QED) is 0.831. The van der Waals surface area contributed by atoms with Crippen molar-refractivity contribution < 1.29 is 9.52 Å². The topological polar surface area (TPSA) is 36.6 Å². The maximum atomic E-state index is 10.4. The Kier molecular flexibility index (Phi) is 3.16. The summed E-state index contributed by atoms with van der Waals surface area (Å²) in [6, 6.07) is 3.78. The summed E-state index contributed by atoms with van der Waals surface area (Å²) in [5.41, 5.74) is 0.816. The predicted octanol–water partition coefficient (Wildman–Crippen LogP) is 2.92. The molecule has 3 heteroatoms. The van der Waals surface area contributed by atoms with Crippen LogP contribution in [0, 0.1) is 0 Å². The van der Waals surface area contributed by atoms with Crippen LogP contribution in [-0.4, -0.2) is 34.2 Å². The molecule has 1 atom stereocenters. The van der Waals surface area contributed by atoms with Crippen LogP contribution in [0.25, 0.3) is 6.08 Å². The first kappa shape index (κ1) is 13.4. The van der Waals surface area contributed by atoms with Crippen molar-refractivity contribution in [1.29, 1.82) is 0 Å². The van der Waals surface area contributed by atoms with Crippen LogP contribution in [0.15, 0.2) is 28.4 Å². The van der Waals surface area contributed by atoms with Crippen molar-refractivity contribution in [3.8, 4) is 0 Å². The minimum atomic E-state index is -0.420. The molecule has 2 heterocycles.